The van der Waals surface area contributed by atoms with Crippen molar-refractivity contribution in [2.75, 3.05) is 6.61 Å². The Morgan fingerprint density at radius 1 is 1.33 bits per heavy atom. The molecule has 0 spiro atoms. The van der Waals surface area contributed by atoms with Crippen molar-refractivity contribution in [3.8, 4) is 5.75 Å². The van der Waals surface area contributed by atoms with Gasteiger partial charge in [0.1, 0.15) is 5.75 Å². The summed E-state index contributed by atoms with van der Waals surface area (Å²) in [5.74, 6) is 2.47. The van der Waals surface area contributed by atoms with Crippen LogP contribution in [0.1, 0.15) is 30.4 Å². The molecule has 1 nitrogen and oxygen atoms in total. The van der Waals surface area contributed by atoms with Crippen molar-refractivity contribution in [3.05, 3.63) is 41.5 Å². The van der Waals surface area contributed by atoms with Crippen LogP contribution in [0.3, 0.4) is 0 Å². The summed E-state index contributed by atoms with van der Waals surface area (Å²) in [5.41, 5.74) is 3.01. The van der Waals surface area contributed by atoms with Gasteiger partial charge in [0, 0.05) is 5.92 Å². The zero-order chi connectivity index (χ0) is 10.3. The van der Waals surface area contributed by atoms with Crippen molar-refractivity contribution in [2.24, 2.45) is 5.92 Å². The molecule has 0 fully saturated rings. The minimum absolute atomic E-state index is 0.652. The molecule has 0 heterocycles. The van der Waals surface area contributed by atoms with E-state index in [9.17, 15) is 0 Å². The summed E-state index contributed by atoms with van der Waals surface area (Å²) in [5, 5.41) is 0. The van der Waals surface area contributed by atoms with Crippen LogP contribution in [0.25, 0.3) is 0 Å². The predicted octanol–water partition coefficient (Wildman–Crippen LogP) is 3.30. The molecule has 2 unspecified atom stereocenters. The molecule has 0 saturated carbocycles. The number of hydrogen-bond donors (Lipinski definition) is 0. The van der Waals surface area contributed by atoms with Crippen LogP contribution < -0.4 is 4.74 Å². The smallest absolute Gasteiger partial charge is 0.119 e. The molecule has 78 valence electrons. The lowest BCUT2D eigenvalue weighted by Gasteiger charge is -2.23. The van der Waals surface area contributed by atoms with Crippen molar-refractivity contribution in [2.45, 2.75) is 25.7 Å². The maximum atomic E-state index is 5.55. The van der Waals surface area contributed by atoms with E-state index >= 15 is 0 Å². The number of benzene rings is 1. The Bertz CT molecular complexity index is 406. The van der Waals surface area contributed by atoms with Crippen LogP contribution in [-0.4, -0.2) is 6.61 Å². The standard InChI is InChI=1S/C14H16O/c1-2-15-13-6-5-12-8-10-3-4-11(7-10)14(12)9-13/h3-6,9-11H,2,7-8H2,1H3. The van der Waals surface area contributed by atoms with Crippen LogP contribution in [0.4, 0.5) is 0 Å². The Labute approximate surface area is 90.8 Å². The van der Waals surface area contributed by atoms with E-state index < -0.39 is 0 Å². The third kappa shape index (κ3) is 1.46. The average molecular weight is 200 g/mol. The second-order valence-electron chi connectivity index (χ2n) is 4.48. The van der Waals surface area contributed by atoms with E-state index in [1.54, 1.807) is 0 Å². The monoisotopic (exact) mass is 200 g/mol. The van der Waals surface area contributed by atoms with Gasteiger partial charge in [0.05, 0.1) is 6.61 Å². The lowest BCUT2D eigenvalue weighted by molar-refractivity contribution is 0.339. The Kier molecular flexibility index (Phi) is 2.05. The fourth-order valence-electron chi connectivity index (χ4n) is 2.80. The molecule has 0 aliphatic heterocycles. The maximum Gasteiger partial charge on any atom is 0.119 e. The first kappa shape index (κ1) is 9.02. The van der Waals surface area contributed by atoms with Crippen molar-refractivity contribution in [1.82, 2.24) is 0 Å². The molecule has 0 radical (unpaired) electrons. The summed E-state index contributed by atoms with van der Waals surface area (Å²) in [4.78, 5) is 0. The Hall–Kier alpha value is -1.24. The van der Waals surface area contributed by atoms with Crippen LogP contribution in [0.5, 0.6) is 5.75 Å². The van der Waals surface area contributed by atoms with Gasteiger partial charge in [-0.2, -0.15) is 0 Å². The van der Waals surface area contributed by atoms with Gasteiger partial charge in [0.15, 0.2) is 0 Å². The average Bonchev–Trinajstić information content (AvgIpc) is 2.63. The first-order chi connectivity index (χ1) is 7.36. The van der Waals surface area contributed by atoms with E-state index in [4.69, 9.17) is 4.74 Å². The van der Waals surface area contributed by atoms with Crippen LogP contribution in [0.15, 0.2) is 30.4 Å². The molecule has 0 amide bonds. The zero-order valence-electron chi connectivity index (χ0n) is 9.07. The van der Waals surface area contributed by atoms with Gasteiger partial charge in [-0.1, -0.05) is 18.2 Å². The number of fused-ring (bicyclic) bond motifs is 4. The van der Waals surface area contributed by atoms with Gasteiger partial charge in [0.25, 0.3) is 0 Å². The number of ether oxygens (including phenoxy) is 1. The lowest BCUT2D eigenvalue weighted by atomic mass is 9.82. The molecular formula is C14H16O. The Morgan fingerprint density at radius 3 is 3.13 bits per heavy atom. The summed E-state index contributed by atoms with van der Waals surface area (Å²) >= 11 is 0. The van der Waals surface area contributed by atoms with Crippen LogP contribution in [0, 0.1) is 5.92 Å². The second kappa shape index (κ2) is 3.41. The molecule has 2 atom stereocenters. The van der Waals surface area contributed by atoms with E-state index in [0.717, 1.165) is 18.3 Å². The second-order valence-corrected chi connectivity index (χ2v) is 4.48. The first-order valence-electron chi connectivity index (χ1n) is 5.80. The van der Waals surface area contributed by atoms with Crippen molar-refractivity contribution in [3.63, 3.8) is 0 Å². The first-order valence-corrected chi connectivity index (χ1v) is 5.80. The molecule has 1 heteroatoms. The summed E-state index contributed by atoms with van der Waals surface area (Å²) in [6.07, 6.45) is 7.27. The third-order valence-electron chi connectivity index (χ3n) is 3.48. The number of hydrogen-bond acceptors (Lipinski definition) is 1. The SMILES string of the molecule is CCOc1ccc2c(c1)C1C=CC(C2)C1. The molecule has 2 aliphatic rings. The molecular weight excluding hydrogens is 184 g/mol. The van der Waals surface area contributed by atoms with Gasteiger partial charge in [-0.25, -0.2) is 0 Å². The van der Waals surface area contributed by atoms with E-state index in [0.29, 0.717) is 5.92 Å². The van der Waals surface area contributed by atoms with Gasteiger partial charge < -0.3 is 4.74 Å². The molecule has 0 saturated heterocycles. The fraction of sp³-hybridized carbons (Fsp3) is 0.429. The van der Waals surface area contributed by atoms with E-state index in [2.05, 4.69) is 30.4 Å². The fourth-order valence-corrected chi connectivity index (χ4v) is 2.80. The van der Waals surface area contributed by atoms with E-state index in [-0.39, 0.29) is 0 Å². The molecule has 1 aromatic rings. The number of allylic oxidation sites excluding steroid dienone is 2. The van der Waals surface area contributed by atoms with Crippen LogP contribution in [-0.2, 0) is 6.42 Å². The maximum absolute atomic E-state index is 5.55. The molecule has 0 aromatic heterocycles. The molecule has 0 N–H and O–H groups in total. The third-order valence-corrected chi connectivity index (χ3v) is 3.48. The molecule has 15 heavy (non-hydrogen) atoms. The highest BCUT2D eigenvalue weighted by atomic mass is 16.5. The van der Waals surface area contributed by atoms with Gasteiger partial charge in [0.2, 0.25) is 0 Å². The summed E-state index contributed by atoms with van der Waals surface area (Å²) in [6.45, 7) is 2.78. The quantitative estimate of drug-likeness (QED) is 0.665. The van der Waals surface area contributed by atoms with Gasteiger partial charge in [-0.3, -0.25) is 0 Å². The largest absolute Gasteiger partial charge is 0.494 e. The van der Waals surface area contributed by atoms with E-state index in [1.807, 2.05) is 6.92 Å². The van der Waals surface area contributed by atoms with Crippen molar-refractivity contribution in [1.29, 1.82) is 0 Å². The highest BCUT2D eigenvalue weighted by Gasteiger charge is 2.28. The minimum atomic E-state index is 0.652. The highest BCUT2D eigenvalue weighted by molar-refractivity contribution is 5.44. The Morgan fingerprint density at radius 2 is 2.27 bits per heavy atom. The summed E-state index contributed by atoms with van der Waals surface area (Å²) in [6, 6.07) is 6.58. The highest BCUT2D eigenvalue weighted by Crippen LogP contribution is 2.42. The van der Waals surface area contributed by atoms with Crippen LogP contribution >= 0.6 is 0 Å². The van der Waals surface area contributed by atoms with Gasteiger partial charge >= 0.3 is 0 Å². The molecule has 1 aromatic carbocycles. The molecule has 2 aliphatic carbocycles. The van der Waals surface area contributed by atoms with Gasteiger partial charge in [-0.15, -0.1) is 0 Å². The summed E-state index contributed by atoms with van der Waals surface area (Å²) in [7, 11) is 0. The van der Waals surface area contributed by atoms with Crippen LogP contribution in [0.2, 0.25) is 0 Å². The normalized spacial score (nSPS) is 26.5. The number of rotatable bonds is 2. The van der Waals surface area contributed by atoms with Crippen molar-refractivity contribution >= 4 is 0 Å². The minimum Gasteiger partial charge on any atom is -0.494 e. The zero-order valence-corrected chi connectivity index (χ0v) is 9.07. The van der Waals surface area contributed by atoms with Crippen molar-refractivity contribution < 1.29 is 4.74 Å². The summed E-state index contributed by atoms with van der Waals surface area (Å²) < 4.78 is 5.55. The van der Waals surface area contributed by atoms with E-state index in [1.165, 1.54) is 24.0 Å². The topological polar surface area (TPSA) is 9.23 Å². The molecule has 2 bridgehead atoms. The molecule has 3 rings (SSSR count). The predicted molar refractivity (Wildman–Crippen MR) is 61.3 cm³/mol. The van der Waals surface area contributed by atoms with Gasteiger partial charge in [-0.05, 0) is 48.9 Å². The lowest BCUT2D eigenvalue weighted by Crippen LogP contribution is -2.11. The Balaban J connectivity index is 2.00.